The number of nitrogens with one attached hydrogen (secondary N) is 1. The second kappa shape index (κ2) is 11.6. The van der Waals surface area contributed by atoms with Crippen LogP contribution in [0.4, 0.5) is 4.79 Å². The number of rotatable bonds is 11. The number of aromatic amines is 1. The number of amides is 2. The molecule has 0 radical (unpaired) electrons. The Morgan fingerprint density at radius 1 is 1.09 bits per heavy atom. The number of nitrogens with zero attached hydrogens (tertiary/aromatic N) is 2. The molecule has 2 amide bonds. The molecular weight excluding hydrogens is 432 g/mol. The van der Waals surface area contributed by atoms with Gasteiger partial charge in [0.2, 0.25) is 11.7 Å². The highest BCUT2D eigenvalue weighted by molar-refractivity contribution is 7.71. The van der Waals surface area contributed by atoms with E-state index in [9.17, 15) is 14.4 Å². The van der Waals surface area contributed by atoms with E-state index >= 15 is 0 Å². The Bertz CT molecular complexity index is 970. The molecule has 0 aliphatic carbocycles. The fraction of sp³-hybridized carbons (Fsp3) is 0.500. The number of ether oxygens (including phenoxy) is 1. The van der Waals surface area contributed by atoms with Gasteiger partial charge in [0.05, 0.1) is 0 Å². The molecule has 174 valence electrons. The van der Waals surface area contributed by atoms with Crippen LogP contribution in [0.25, 0.3) is 0 Å². The van der Waals surface area contributed by atoms with E-state index in [-0.39, 0.29) is 42.0 Å². The number of ketones is 1. The summed E-state index contributed by atoms with van der Waals surface area (Å²) in [7, 11) is 0. The van der Waals surface area contributed by atoms with Gasteiger partial charge in [0.25, 0.3) is 10.7 Å². The van der Waals surface area contributed by atoms with Gasteiger partial charge in [-0.05, 0) is 42.5 Å². The highest BCUT2D eigenvalue weighted by Gasteiger charge is 2.41. The zero-order valence-corrected chi connectivity index (χ0v) is 19.6. The van der Waals surface area contributed by atoms with Gasteiger partial charge >= 0.3 is 6.09 Å². The third-order valence-corrected chi connectivity index (χ3v) is 4.93. The van der Waals surface area contributed by atoms with Gasteiger partial charge in [-0.2, -0.15) is 0 Å². The van der Waals surface area contributed by atoms with E-state index in [2.05, 4.69) is 10.2 Å². The van der Waals surface area contributed by atoms with Gasteiger partial charge in [-0.1, -0.05) is 58.0 Å². The predicted molar refractivity (Wildman–Crippen MR) is 120 cm³/mol. The van der Waals surface area contributed by atoms with Crippen LogP contribution in [0.2, 0.25) is 0 Å². The van der Waals surface area contributed by atoms with Crippen LogP contribution in [0.15, 0.2) is 34.7 Å². The molecule has 2 aromatic rings. The third-order valence-electron chi connectivity index (χ3n) is 4.76. The Kier molecular flexibility index (Phi) is 9.13. The Hall–Kier alpha value is -3.01. The van der Waals surface area contributed by atoms with Crippen LogP contribution in [-0.2, 0) is 16.1 Å². The molecule has 9 nitrogen and oxygen atoms in total. The van der Waals surface area contributed by atoms with Crippen LogP contribution in [0.3, 0.4) is 0 Å². The molecule has 0 aliphatic rings. The van der Waals surface area contributed by atoms with Crippen LogP contribution in [-0.4, -0.2) is 45.0 Å². The molecule has 10 heteroatoms. The van der Waals surface area contributed by atoms with Crippen molar-refractivity contribution < 1.29 is 23.5 Å². The molecule has 0 bridgehead atoms. The Balaban J connectivity index is 2.45. The van der Waals surface area contributed by atoms with Crippen molar-refractivity contribution in [2.24, 2.45) is 17.6 Å². The molecule has 3 N–H and O–H groups in total. The molecule has 0 saturated heterocycles. The second-order valence-corrected chi connectivity index (χ2v) is 8.79. The highest BCUT2D eigenvalue weighted by Crippen LogP contribution is 2.24. The van der Waals surface area contributed by atoms with E-state index < -0.39 is 29.9 Å². The number of Topliss-reactive ketones (excluding diaryl/α,β-unsaturated/α-hetero) is 1. The number of nitrogens with two attached hydrogens (primary N) is 1. The molecule has 1 heterocycles. The lowest BCUT2D eigenvalue weighted by Crippen LogP contribution is -2.56. The number of hydrogen-bond donors (Lipinski definition) is 2. The topological polar surface area (TPSA) is 132 Å². The molecular formula is C22H30N4O5S. The first-order valence-corrected chi connectivity index (χ1v) is 10.9. The van der Waals surface area contributed by atoms with Crippen molar-refractivity contribution in [3.05, 3.63) is 46.6 Å². The lowest BCUT2D eigenvalue weighted by molar-refractivity contribution is -0.124. The number of benzene rings is 1. The first-order valence-electron chi connectivity index (χ1n) is 10.5. The molecule has 32 heavy (non-hydrogen) atoms. The smallest absolute Gasteiger partial charge is 0.411 e. The van der Waals surface area contributed by atoms with Gasteiger partial charge in [-0.15, -0.1) is 5.10 Å². The average Bonchev–Trinajstić information content (AvgIpc) is 3.16. The zero-order valence-electron chi connectivity index (χ0n) is 18.7. The minimum absolute atomic E-state index is 0.00265. The van der Waals surface area contributed by atoms with Gasteiger partial charge in [-0.25, -0.2) is 9.89 Å². The van der Waals surface area contributed by atoms with E-state index in [0.29, 0.717) is 0 Å². The van der Waals surface area contributed by atoms with Crippen LogP contribution in [0.5, 0.6) is 0 Å². The number of hydrogen-bond acceptors (Lipinski definition) is 7. The Labute approximate surface area is 192 Å². The van der Waals surface area contributed by atoms with Crippen LogP contribution >= 0.6 is 12.2 Å². The molecule has 1 aromatic carbocycles. The van der Waals surface area contributed by atoms with Crippen LogP contribution < -0.4 is 5.73 Å². The number of aromatic nitrogens is 2. The summed E-state index contributed by atoms with van der Waals surface area (Å²) in [4.78, 5) is 40.1. The molecule has 0 fully saturated rings. The molecule has 0 spiro atoms. The fourth-order valence-corrected chi connectivity index (χ4v) is 3.47. The maximum Gasteiger partial charge on any atom is 0.411 e. The maximum atomic E-state index is 13.3. The van der Waals surface area contributed by atoms with Crippen molar-refractivity contribution in [1.82, 2.24) is 15.1 Å². The molecule has 0 unspecified atom stereocenters. The highest BCUT2D eigenvalue weighted by atomic mass is 32.1. The monoisotopic (exact) mass is 462 g/mol. The SMILES string of the molecule is CC(C)C[C@@H](C(N)=O)N(C(=O)OCc1ccccc1)[C@@H](CC(C)C)C(=O)c1n[nH]c(=S)o1. The van der Waals surface area contributed by atoms with E-state index in [1.807, 2.05) is 58.0 Å². The first-order chi connectivity index (χ1) is 15.1. The quantitative estimate of drug-likeness (QED) is 0.383. The maximum absolute atomic E-state index is 13.3. The van der Waals surface area contributed by atoms with Crippen LogP contribution in [0, 0.1) is 16.7 Å². The predicted octanol–water partition coefficient (Wildman–Crippen LogP) is 3.87. The van der Waals surface area contributed by atoms with E-state index in [1.54, 1.807) is 0 Å². The summed E-state index contributed by atoms with van der Waals surface area (Å²) in [6.45, 7) is 7.57. The largest absolute Gasteiger partial charge is 0.445 e. The molecule has 2 atom stereocenters. The summed E-state index contributed by atoms with van der Waals surface area (Å²) in [6.07, 6.45) is -0.302. The zero-order chi connectivity index (χ0) is 23.8. The normalized spacial score (nSPS) is 13.1. The molecule has 0 saturated carbocycles. The fourth-order valence-electron chi connectivity index (χ4n) is 3.35. The number of carbonyl (C=O) groups is 3. The average molecular weight is 463 g/mol. The van der Waals surface area contributed by atoms with Gasteiger partial charge in [0.15, 0.2) is 0 Å². The number of H-pyrrole nitrogens is 1. The summed E-state index contributed by atoms with van der Waals surface area (Å²) in [5, 5.41) is 6.21. The summed E-state index contributed by atoms with van der Waals surface area (Å²) in [6, 6.07) is 6.99. The molecule has 2 rings (SSSR count). The van der Waals surface area contributed by atoms with Gasteiger partial charge < -0.3 is 14.9 Å². The minimum atomic E-state index is -1.07. The van der Waals surface area contributed by atoms with Crippen molar-refractivity contribution in [3.63, 3.8) is 0 Å². The van der Waals surface area contributed by atoms with Crippen LogP contribution in [0.1, 0.15) is 56.8 Å². The second-order valence-electron chi connectivity index (χ2n) is 8.42. The Morgan fingerprint density at radius 3 is 2.19 bits per heavy atom. The minimum Gasteiger partial charge on any atom is -0.445 e. The van der Waals surface area contributed by atoms with Crippen molar-refractivity contribution in [1.29, 1.82) is 0 Å². The first kappa shape index (κ1) is 25.3. The van der Waals surface area contributed by atoms with Gasteiger partial charge in [-0.3, -0.25) is 14.5 Å². The number of carbonyl (C=O) groups excluding carboxylic acids is 3. The van der Waals surface area contributed by atoms with Gasteiger partial charge in [0, 0.05) is 0 Å². The van der Waals surface area contributed by atoms with Crippen molar-refractivity contribution in [2.45, 2.75) is 59.2 Å². The lowest BCUT2D eigenvalue weighted by Gasteiger charge is -2.36. The molecule has 1 aromatic heterocycles. The third kappa shape index (κ3) is 7.01. The lowest BCUT2D eigenvalue weighted by atomic mass is 9.94. The van der Waals surface area contributed by atoms with E-state index in [1.165, 1.54) is 0 Å². The summed E-state index contributed by atoms with van der Waals surface area (Å²) < 4.78 is 10.7. The standard InChI is InChI=1S/C22H30N4O5S/c1-13(2)10-16(18(27)20-24-25-21(32)31-20)26(17(19(23)28)11-14(3)4)22(29)30-12-15-8-6-5-7-9-15/h5-9,13-14,16-17H,10-12H2,1-4H3,(H2,23,28)(H,25,32)/t16-,17-/m0/s1. The summed E-state index contributed by atoms with van der Waals surface area (Å²) in [5.41, 5.74) is 6.45. The number of primary amides is 1. The van der Waals surface area contributed by atoms with Crippen molar-refractivity contribution >= 4 is 30.0 Å². The van der Waals surface area contributed by atoms with E-state index in [4.69, 9.17) is 27.1 Å². The van der Waals surface area contributed by atoms with Crippen molar-refractivity contribution in [2.75, 3.05) is 0 Å². The van der Waals surface area contributed by atoms with Crippen molar-refractivity contribution in [3.8, 4) is 0 Å². The van der Waals surface area contributed by atoms with Gasteiger partial charge in [0.1, 0.15) is 18.7 Å². The summed E-state index contributed by atoms with van der Waals surface area (Å²) >= 11 is 4.87. The molecule has 0 aliphatic heterocycles. The Morgan fingerprint density at radius 2 is 1.69 bits per heavy atom. The summed E-state index contributed by atoms with van der Waals surface area (Å²) in [5.74, 6) is -1.55. The van der Waals surface area contributed by atoms with E-state index in [0.717, 1.165) is 10.5 Å².